The number of fused-ring (bicyclic) bond motifs is 1. The summed E-state index contributed by atoms with van der Waals surface area (Å²) >= 11 is 12.2. The molecule has 1 amide bonds. The summed E-state index contributed by atoms with van der Waals surface area (Å²) in [6.45, 7) is 1.34. The van der Waals surface area contributed by atoms with E-state index in [0.717, 1.165) is 4.09 Å². The fraction of sp³-hybridized carbons (Fsp3) is 0.0870. The highest BCUT2D eigenvalue weighted by Gasteiger charge is 2.26. The predicted molar refractivity (Wildman–Crippen MR) is 131 cm³/mol. The average molecular weight is 534 g/mol. The van der Waals surface area contributed by atoms with Gasteiger partial charge in [0.15, 0.2) is 0 Å². The highest BCUT2D eigenvalue weighted by molar-refractivity contribution is 7.90. The van der Waals surface area contributed by atoms with Gasteiger partial charge in [-0.15, -0.1) is 9.19 Å². The lowest BCUT2D eigenvalue weighted by atomic mass is 10.2. The number of nitrogens with zero attached hydrogens (tertiary/aromatic N) is 2. The van der Waals surface area contributed by atoms with Gasteiger partial charge in [0.2, 0.25) is 5.91 Å². The minimum atomic E-state index is -4.22. The number of ether oxygens (including phenoxy) is 2. The van der Waals surface area contributed by atoms with Gasteiger partial charge in [0.1, 0.15) is 5.75 Å². The normalized spacial score (nSPS) is 11.3. The van der Waals surface area contributed by atoms with Gasteiger partial charge in [-0.25, -0.2) is 4.79 Å². The van der Waals surface area contributed by atoms with E-state index in [9.17, 15) is 18.0 Å². The van der Waals surface area contributed by atoms with E-state index in [1.165, 1.54) is 62.6 Å². The summed E-state index contributed by atoms with van der Waals surface area (Å²) in [4.78, 5) is 24.0. The summed E-state index contributed by atoms with van der Waals surface area (Å²) in [6, 6.07) is 14.6. The maximum atomic E-state index is 13.4. The van der Waals surface area contributed by atoms with E-state index in [-0.39, 0.29) is 43.2 Å². The maximum Gasteiger partial charge on any atom is 0.347 e. The van der Waals surface area contributed by atoms with Crippen molar-refractivity contribution in [3.63, 3.8) is 0 Å². The highest BCUT2D eigenvalue weighted by atomic mass is 35.5. The van der Waals surface area contributed by atoms with Crippen molar-refractivity contribution in [1.82, 2.24) is 9.19 Å². The number of nitrogens with one attached hydrogen (secondary N) is 1. The summed E-state index contributed by atoms with van der Waals surface area (Å²) < 4.78 is 38.2. The molecule has 35 heavy (non-hydrogen) atoms. The highest BCUT2D eigenvalue weighted by Crippen LogP contribution is 2.33. The lowest BCUT2D eigenvalue weighted by Crippen LogP contribution is -2.16. The van der Waals surface area contributed by atoms with Gasteiger partial charge in [0.25, 0.3) is 15.9 Å². The zero-order valence-corrected chi connectivity index (χ0v) is 20.6. The Kier molecular flexibility index (Phi) is 6.70. The second kappa shape index (κ2) is 9.57. The van der Waals surface area contributed by atoms with Crippen LogP contribution < -0.4 is 14.8 Å². The molecule has 0 aliphatic rings. The van der Waals surface area contributed by atoms with E-state index >= 15 is 0 Å². The zero-order chi connectivity index (χ0) is 25.3. The molecule has 4 rings (SSSR count). The Labute approximate surface area is 210 Å². The van der Waals surface area contributed by atoms with E-state index in [1.54, 1.807) is 12.1 Å². The van der Waals surface area contributed by atoms with E-state index in [0.29, 0.717) is 11.4 Å². The molecule has 0 aliphatic carbocycles. The maximum absolute atomic E-state index is 13.4. The molecule has 0 aliphatic heterocycles. The Bertz CT molecular complexity index is 1550. The lowest BCUT2D eigenvalue weighted by Gasteiger charge is -2.07. The number of amides is 1. The third-order valence-corrected chi connectivity index (χ3v) is 7.11. The number of rotatable bonds is 6. The van der Waals surface area contributed by atoms with Crippen molar-refractivity contribution in [2.45, 2.75) is 11.8 Å². The van der Waals surface area contributed by atoms with E-state index in [4.69, 9.17) is 32.7 Å². The fourth-order valence-electron chi connectivity index (χ4n) is 3.27. The van der Waals surface area contributed by atoms with Crippen LogP contribution in [0.1, 0.15) is 17.3 Å². The molecule has 12 heteroatoms. The summed E-state index contributed by atoms with van der Waals surface area (Å²) in [7, 11) is -2.78. The SMILES string of the molecule is COc1ccc2c(c1)c(OC(=O)c1c(Cl)cccc1Cl)nn2S(=O)(=O)c1ccc(NC(C)=O)cc1. The third-order valence-electron chi connectivity index (χ3n) is 4.88. The van der Waals surface area contributed by atoms with Crippen LogP contribution in [-0.4, -0.2) is 36.6 Å². The Balaban J connectivity index is 1.81. The first-order valence-corrected chi connectivity index (χ1v) is 12.2. The molecule has 0 unspecified atom stereocenters. The van der Waals surface area contributed by atoms with Gasteiger partial charge >= 0.3 is 5.97 Å². The number of carbonyl (C=O) groups excluding carboxylic acids is 2. The second-order valence-corrected chi connectivity index (χ2v) is 9.81. The first-order chi connectivity index (χ1) is 16.6. The zero-order valence-electron chi connectivity index (χ0n) is 18.3. The summed E-state index contributed by atoms with van der Waals surface area (Å²) in [5.74, 6) is -1.09. The smallest absolute Gasteiger partial charge is 0.347 e. The van der Waals surface area contributed by atoms with Crippen molar-refractivity contribution >= 4 is 61.7 Å². The monoisotopic (exact) mass is 533 g/mol. The molecule has 1 aromatic heterocycles. The molecule has 180 valence electrons. The van der Waals surface area contributed by atoms with Crippen molar-refractivity contribution in [2.24, 2.45) is 0 Å². The van der Waals surface area contributed by atoms with Crippen molar-refractivity contribution in [3.05, 3.63) is 76.3 Å². The predicted octanol–water partition coefficient (Wildman–Crippen LogP) is 4.77. The number of hydrogen-bond donors (Lipinski definition) is 1. The van der Waals surface area contributed by atoms with Gasteiger partial charge in [-0.2, -0.15) is 8.42 Å². The van der Waals surface area contributed by atoms with E-state index in [1.807, 2.05) is 0 Å². The summed E-state index contributed by atoms with van der Waals surface area (Å²) in [5, 5.41) is 6.99. The molecule has 3 aromatic carbocycles. The van der Waals surface area contributed by atoms with Crippen LogP contribution >= 0.6 is 23.2 Å². The van der Waals surface area contributed by atoms with Crippen LogP contribution in [0.15, 0.2) is 65.6 Å². The molecule has 9 nitrogen and oxygen atoms in total. The molecule has 1 N–H and O–H groups in total. The molecule has 0 saturated carbocycles. The molecular weight excluding hydrogens is 517 g/mol. The lowest BCUT2D eigenvalue weighted by molar-refractivity contribution is -0.114. The molecule has 0 atom stereocenters. The van der Waals surface area contributed by atoms with Crippen LogP contribution in [0.5, 0.6) is 11.6 Å². The molecule has 0 radical (unpaired) electrons. The molecule has 1 heterocycles. The molecular formula is C23H17Cl2N3O6S. The van der Waals surface area contributed by atoms with E-state index < -0.39 is 16.0 Å². The van der Waals surface area contributed by atoms with Crippen LogP contribution in [0.3, 0.4) is 0 Å². The van der Waals surface area contributed by atoms with Crippen LogP contribution in [-0.2, 0) is 14.8 Å². The number of anilines is 1. The van der Waals surface area contributed by atoms with Gasteiger partial charge in [-0.1, -0.05) is 29.3 Å². The molecule has 0 fully saturated rings. The first-order valence-electron chi connectivity index (χ1n) is 9.98. The number of methoxy groups -OCH3 is 1. The Morgan fingerprint density at radius 3 is 2.26 bits per heavy atom. The minimum Gasteiger partial charge on any atom is -0.497 e. The van der Waals surface area contributed by atoms with Crippen molar-refractivity contribution in [1.29, 1.82) is 0 Å². The second-order valence-electron chi connectivity index (χ2n) is 7.23. The van der Waals surface area contributed by atoms with Crippen LogP contribution in [0.25, 0.3) is 10.9 Å². The molecule has 4 aromatic rings. The number of hydrogen-bond acceptors (Lipinski definition) is 7. The number of aromatic nitrogens is 2. The van der Waals surface area contributed by atoms with E-state index in [2.05, 4.69) is 10.4 Å². The summed E-state index contributed by atoms with van der Waals surface area (Å²) in [5.41, 5.74) is 0.486. The van der Waals surface area contributed by atoms with Crippen LogP contribution in [0.4, 0.5) is 5.69 Å². The van der Waals surface area contributed by atoms with Gasteiger partial charge in [-0.3, -0.25) is 4.79 Å². The molecule has 0 saturated heterocycles. The van der Waals surface area contributed by atoms with Gasteiger partial charge < -0.3 is 14.8 Å². The topological polar surface area (TPSA) is 117 Å². The fourth-order valence-corrected chi connectivity index (χ4v) is 5.11. The van der Waals surface area contributed by atoms with Crippen molar-refractivity contribution in [3.8, 4) is 11.6 Å². The quantitative estimate of drug-likeness (QED) is 0.355. The number of benzene rings is 3. The average Bonchev–Trinajstić information content (AvgIpc) is 3.17. The van der Waals surface area contributed by atoms with Crippen molar-refractivity contribution < 1.29 is 27.5 Å². The van der Waals surface area contributed by atoms with Crippen molar-refractivity contribution in [2.75, 3.05) is 12.4 Å². The Morgan fingerprint density at radius 2 is 1.66 bits per heavy atom. The Morgan fingerprint density at radius 1 is 1.00 bits per heavy atom. The van der Waals surface area contributed by atoms with Gasteiger partial charge in [0, 0.05) is 12.6 Å². The number of esters is 1. The van der Waals surface area contributed by atoms with Crippen LogP contribution in [0.2, 0.25) is 10.0 Å². The third kappa shape index (κ3) is 4.81. The van der Waals surface area contributed by atoms with Gasteiger partial charge in [-0.05, 0) is 54.6 Å². The van der Waals surface area contributed by atoms with Crippen LogP contribution in [0, 0.1) is 0 Å². The minimum absolute atomic E-state index is 0.0655. The van der Waals surface area contributed by atoms with Gasteiger partial charge in [0.05, 0.1) is 38.5 Å². The largest absolute Gasteiger partial charge is 0.497 e. The first kappa shape index (κ1) is 24.5. The molecule has 0 spiro atoms. The summed E-state index contributed by atoms with van der Waals surface area (Å²) in [6.07, 6.45) is 0. The molecule has 0 bridgehead atoms. The number of carbonyl (C=O) groups is 2. The standard InChI is InChI=1S/C23H17Cl2N3O6S/c1-13(29)26-14-6-9-16(10-7-14)35(31,32)28-20-11-8-15(33-2)12-17(20)22(27-28)34-23(30)21-18(24)4-3-5-19(21)25/h3-12H,1-2H3,(H,26,29). The number of halogens is 2. The Hall–Kier alpha value is -3.60.